The summed E-state index contributed by atoms with van der Waals surface area (Å²) in [5, 5.41) is 10.5. The molecule has 3 rings (SSSR count). The van der Waals surface area contributed by atoms with Crippen molar-refractivity contribution >= 4 is 23.4 Å². The number of rotatable bonds is 8. The van der Waals surface area contributed by atoms with Gasteiger partial charge >= 0.3 is 0 Å². The second-order valence-corrected chi connectivity index (χ2v) is 7.97. The van der Waals surface area contributed by atoms with E-state index in [2.05, 4.69) is 0 Å². The molecule has 2 aromatic rings. The summed E-state index contributed by atoms with van der Waals surface area (Å²) in [5.41, 5.74) is 1.13. The van der Waals surface area contributed by atoms with Crippen molar-refractivity contribution in [1.29, 1.82) is 0 Å². The highest BCUT2D eigenvalue weighted by Crippen LogP contribution is 2.33. The number of amides is 1. The van der Waals surface area contributed by atoms with Gasteiger partial charge in [-0.25, -0.2) is 0 Å². The Hall–Kier alpha value is -2.54. The highest BCUT2D eigenvalue weighted by atomic mass is 32.2. The number of benzene rings is 2. The highest BCUT2D eigenvalue weighted by Gasteiger charge is 2.34. The van der Waals surface area contributed by atoms with E-state index in [4.69, 9.17) is 4.74 Å². The number of non-ortho nitro benzene ring substituents is 1. The first-order valence-corrected chi connectivity index (χ1v) is 9.70. The Morgan fingerprint density at radius 2 is 1.85 bits per heavy atom. The summed E-state index contributed by atoms with van der Waals surface area (Å²) >= 11 is 1.43. The minimum Gasteiger partial charge on any atom is -0.497 e. The maximum atomic E-state index is 13.0. The van der Waals surface area contributed by atoms with Crippen LogP contribution in [0.3, 0.4) is 0 Å². The van der Waals surface area contributed by atoms with Crippen molar-refractivity contribution in [2.45, 2.75) is 42.5 Å². The van der Waals surface area contributed by atoms with E-state index in [-0.39, 0.29) is 16.8 Å². The molecule has 1 aliphatic rings. The fraction of sp³-hybridized carbons (Fsp3) is 0.350. The Balaban J connectivity index is 1.65. The lowest BCUT2D eigenvalue weighted by molar-refractivity contribution is -0.384. The molecule has 0 N–H and O–H groups in total. The zero-order valence-corrected chi connectivity index (χ0v) is 16.1. The molecule has 27 heavy (non-hydrogen) atoms. The Morgan fingerprint density at radius 3 is 2.37 bits per heavy atom. The molecule has 1 amide bonds. The summed E-state index contributed by atoms with van der Waals surface area (Å²) in [5.74, 6) is 0.891. The van der Waals surface area contributed by atoms with Crippen molar-refractivity contribution in [3.05, 3.63) is 64.2 Å². The van der Waals surface area contributed by atoms with Gasteiger partial charge in [0.05, 0.1) is 17.3 Å². The average molecular weight is 386 g/mol. The van der Waals surface area contributed by atoms with Crippen LogP contribution < -0.4 is 4.74 Å². The Kier molecular flexibility index (Phi) is 6.01. The number of hydrogen-bond donors (Lipinski definition) is 0. The van der Waals surface area contributed by atoms with Crippen molar-refractivity contribution in [1.82, 2.24) is 4.90 Å². The molecule has 0 aliphatic heterocycles. The highest BCUT2D eigenvalue weighted by molar-refractivity contribution is 8.00. The Labute approximate surface area is 162 Å². The number of carbonyl (C=O) groups excluding carboxylic acids is 1. The molecule has 142 valence electrons. The molecule has 1 unspecified atom stereocenters. The number of hydrogen-bond acceptors (Lipinski definition) is 5. The molecule has 1 fully saturated rings. The largest absolute Gasteiger partial charge is 0.497 e. The lowest BCUT2D eigenvalue weighted by Gasteiger charge is -2.26. The van der Waals surface area contributed by atoms with Crippen molar-refractivity contribution in [2.75, 3.05) is 7.11 Å². The van der Waals surface area contributed by atoms with E-state index in [9.17, 15) is 14.9 Å². The van der Waals surface area contributed by atoms with E-state index in [1.54, 1.807) is 19.2 Å². The minimum absolute atomic E-state index is 0.0532. The molecule has 6 nitrogen and oxygen atoms in total. The number of nitro groups is 1. The van der Waals surface area contributed by atoms with Gasteiger partial charge in [0, 0.05) is 29.6 Å². The topological polar surface area (TPSA) is 72.7 Å². The van der Waals surface area contributed by atoms with Gasteiger partial charge in [-0.1, -0.05) is 12.1 Å². The third-order valence-electron chi connectivity index (χ3n) is 4.49. The van der Waals surface area contributed by atoms with Crippen molar-refractivity contribution in [3.8, 4) is 5.75 Å². The summed E-state index contributed by atoms with van der Waals surface area (Å²) in [6.07, 6.45) is 2.08. The van der Waals surface area contributed by atoms with Crippen LogP contribution in [0, 0.1) is 10.1 Å². The van der Waals surface area contributed by atoms with Crippen LogP contribution in [0.2, 0.25) is 0 Å². The second kappa shape index (κ2) is 8.43. The first-order valence-electron chi connectivity index (χ1n) is 8.82. The summed E-state index contributed by atoms with van der Waals surface area (Å²) in [7, 11) is 1.63. The van der Waals surface area contributed by atoms with Crippen LogP contribution in [0.15, 0.2) is 53.4 Å². The van der Waals surface area contributed by atoms with E-state index in [0.29, 0.717) is 12.6 Å². The summed E-state index contributed by atoms with van der Waals surface area (Å²) in [6.45, 7) is 2.47. The number of nitro benzene ring substituents is 1. The normalized spacial score (nSPS) is 14.4. The maximum absolute atomic E-state index is 13.0. The van der Waals surface area contributed by atoms with Crippen LogP contribution in [0.25, 0.3) is 0 Å². The molecule has 0 aromatic heterocycles. The SMILES string of the molecule is COc1ccc(CN(C(=O)C(C)Sc2ccc([N+](=O)[O-])cc2)C2CC2)cc1. The van der Waals surface area contributed by atoms with Gasteiger partial charge in [0.15, 0.2) is 0 Å². The lowest BCUT2D eigenvalue weighted by atomic mass is 10.2. The van der Waals surface area contributed by atoms with Gasteiger partial charge in [-0.2, -0.15) is 0 Å². The maximum Gasteiger partial charge on any atom is 0.269 e. The molecule has 0 spiro atoms. The van der Waals surface area contributed by atoms with Crippen molar-refractivity contribution in [3.63, 3.8) is 0 Å². The van der Waals surface area contributed by atoms with Gasteiger partial charge in [-0.05, 0) is 49.6 Å². The van der Waals surface area contributed by atoms with Crippen LogP contribution in [0.5, 0.6) is 5.75 Å². The van der Waals surface area contributed by atoms with E-state index in [1.165, 1.54) is 23.9 Å². The van der Waals surface area contributed by atoms with Crippen molar-refractivity contribution in [2.24, 2.45) is 0 Å². The van der Waals surface area contributed by atoms with E-state index in [0.717, 1.165) is 29.1 Å². The van der Waals surface area contributed by atoms with Crippen molar-refractivity contribution < 1.29 is 14.5 Å². The van der Waals surface area contributed by atoms with Gasteiger partial charge in [-0.15, -0.1) is 11.8 Å². The number of thioether (sulfide) groups is 1. The monoisotopic (exact) mass is 386 g/mol. The van der Waals surface area contributed by atoms with Gasteiger partial charge in [0.1, 0.15) is 5.75 Å². The number of ether oxygens (including phenoxy) is 1. The third kappa shape index (κ3) is 5.01. The fourth-order valence-corrected chi connectivity index (χ4v) is 3.77. The number of methoxy groups -OCH3 is 1. The Bertz CT molecular complexity index is 804. The zero-order chi connectivity index (χ0) is 19.4. The summed E-state index contributed by atoms with van der Waals surface area (Å²) in [4.78, 5) is 26.1. The molecule has 2 aromatic carbocycles. The lowest BCUT2D eigenvalue weighted by Crippen LogP contribution is -2.37. The second-order valence-electron chi connectivity index (χ2n) is 6.56. The predicted molar refractivity (Wildman–Crippen MR) is 105 cm³/mol. The van der Waals surface area contributed by atoms with Gasteiger partial charge in [0.25, 0.3) is 5.69 Å². The number of carbonyl (C=O) groups is 1. The molecule has 0 saturated heterocycles. The third-order valence-corrected chi connectivity index (χ3v) is 5.59. The molecule has 1 atom stereocenters. The molecule has 1 saturated carbocycles. The van der Waals surface area contributed by atoms with Gasteiger partial charge in [-0.3, -0.25) is 14.9 Å². The average Bonchev–Trinajstić information content (AvgIpc) is 3.51. The van der Waals surface area contributed by atoms with Crippen LogP contribution in [-0.2, 0) is 11.3 Å². The van der Waals surface area contributed by atoms with Gasteiger partial charge < -0.3 is 9.64 Å². The standard InChI is InChI=1S/C20H22N2O4S/c1-14(27-19-11-7-17(8-12-19)22(24)25)20(23)21(16-5-6-16)13-15-3-9-18(26-2)10-4-15/h3-4,7-12,14,16H,5-6,13H2,1-2H3. The number of nitrogens with zero attached hydrogens (tertiary/aromatic N) is 2. The first kappa shape index (κ1) is 19.2. The molecular formula is C20H22N2O4S. The molecule has 1 aliphatic carbocycles. The van der Waals surface area contributed by atoms with Crippen LogP contribution in [-0.4, -0.2) is 34.1 Å². The molecule has 7 heteroatoms. The first-order chi connectivity index (χ1) is 13.0. The van der Waals surface area contributed by atoms with Crippen LogP contribution >= 0.6 is 11.8 Å². The van der Waals surface area contributed by atoms with Crippen LogP contribution in [0.1, 0.15) is 25.3 Å². The summed E-state index contributed by atoms with van der Waals surface area (Å²) < 4.78 is 5.18. The minimum atomic E-state index is -0.424. The Morgan fingerprint density at radius 1 is 1.22 bits per heavy atom. The fourth-order valence-electron chi connectivity index (χ4n) is 2.84. The van der Waals surface area contributed by atoms with E-state index >= 15 is 0 Å². The van der Waals surface area contributed by atoms with Crippen LogP contribution in [0.4, 0.5) is 5.69 Å². The smallest absolute Gasteiger partial charge is 0.269 e. The zero-order valence-electron chi connectivity index (χ0n) is 15.3. The predicted octanol–water partition coefficient (Wildman–Crippen LogP) is 4.28. The molecule has 0 radical (unpaired) electrons. The molecular weight excluding hydrogens is 364 g/mol. The van der Waals surface area contributed by atoms with Gasteiger partial charge in [0.2, 0.25) is 5.91 Å². The molecule has 0 bridgehead atoms. The van der Waals surface area contributed by atoms with E-state index in [1.807, 2.05) is 36.1 Å². The quantitative estimate of drug-likeness (QED) is 0.385. The molecule has 0 heterocycles. The van der Waals surface area contributed by atoms with E-state index < -0.39 is 4.92 Å². The summed E-state index contributed by atoms with van der Waals surface area (Å²) in [6, 6.07) is 14.4.